The van der Waals surface area contributed by atoms with Crippen LogP contribution in [0.15, 0.2) is 18.2 Å². The third-order valence-electron chi connectivity index (χ3n) is 3.91. The van der Waals surface area contributed by atoms with Crippen molar-refractivity contribution >= 4 is 11.6 Å². The van der Waals surface area contributed by atoms with Crippen LogP contribution >= 0.6 is 0 Å². The maximum absolute atomic E-state index is 12.3. The van der Waals surface area contributed by atoms with Gasteiger partial charge in [-0.05, 0) is 50.8 Å². The van der Waals surface area contributed by atoms with Crippen LogP contribution in [0.3, 0.4) is 0 Å². The van der Waals surface area contributed by atoms with E-state index in [2.05, 4.69) is 35.5 Å². The summed E-state index contributed by atoms with van der Waals surface area (Å²) in [7, 11) is 2.12. The van der Waals surface area contributed by atoms with Gasteiger partial charge in [0.2, 0.25) is 5.91 Å². The Balaban J connectivity index is 2.07. The van der Waals surface area contributed by atoms with Crippen LogP contribution in [0.1, 0.15) is 31.9 Å². The molecule has 1 aromatic rings. The summed E-state index contributed by atoms with van der Waals surface area (Å²) in [6.07, 6.45) is 1.79. The highest BCUT2D eigenvalue weighted by Gasteiger charge is 2.23. The van der Waals surface area contributed by atoms with Crippen LogP contribution in [-0.2, 0) is 17.6 Å². The van der Waals surface area contributed by atoms with Gasteiger partial charge in [-0.3, -0.25) is 4.79 Å². The number of fused-ring (bicyclic) bond motifs is 1. The van der Waals surface area contributed by atoms with E-state index in [9.17, 15) is 4.79 Å². The van der Waals surface area contributed by atoms with Crippen molar-refractivity contribution in [2.75, 3.05) is 25.0 Å². The number of nitrogens with one attached hydrogen (secondary N) is 1. The molecule has 1 heterocycles. The van der Waals surface area contributed by atoms with E-state index in [-0.39, 0.29) is 17.4 Å². The monoisotopic (exact) mass is 289 g/mol. The Morgan fingerprint density at radius 1 is 1.43 bits per heavy atom. The first kappa shape index (κ1) is 15.8. The molecule has 1 aliphatic rings. The van der Waals surface area contributed by atoms with E-state index in [4.69, 9.17) is 5.73 Å². The van der Waals surface area contributed by atoms with Gasteiger partial charge in [0, 0.05) is 31.4 Å². The van der Waals surface area contributed by atoms with Crippen LogP contribution in [0.25, 0.3) is 0 Å². The number of amides is 1. The maximum Gasteiger partial charge on any atom is 0.225 e. The minimum Gasteiger partial charge on any atom is -0.374 e. The standard InChI is InChI=1S/C17H27N3O/c1-17(2,3)19-16(21)14(11-18)10-12-5-6-15-13(9-12)7-8-20(15)4/h5-6,9,14H,7-8,10-11,18H2,1-4H3,(H,19,21). The topological polar surface area (TPSA) is 58.4 Å². The third kappa shape index (κ3) is 3.97. The van der Waals surface area contributed by atoms with Crippen LogP contribution in [0, 0.1) is 5.92 Å². The molecule has 1 aromatic carbocycles. The SMILES string of the molecule is CN1CCc2cc(CC(CN)C(=O)NC(C)(C)C)ccc21. The zero-order valence-corrected chi connectivity index (χ0v) is 13.6. The molecule has 0 saturated heterocycles. The molecular weight excluding hydrogens is 262 g/mol. The predicted molar refractivity (Wildman–Crippen MR) is 87.6 cm³/mol. The highest BCUT2D eigenvalue weighted by molar-refractivity contribution is 5.80. The summed E-state index contributed by atoms with van der Waals surface area (Å²) in [6, 6.07) is 6.51. The van der Waals surface area contributed by atoms with Gasteiger partial charge in [-0.1, -0.05) is 12.1 Å². The smallest absolute Gasteiger partial charge is 0.225 e. The fourth-order valence-electron chi connectivity index (χ4n) is 2.79. The summed E-state index contributed by atoms with van der Waals surface area (Å²) >= 11 is 0. The van der Waals surface area contributed by atoms with Gasteiger partial charge >= 0.3 is 0 Å². The second kappa shape index (κ2) is 6.06. The van der Waals surface area contributed by atoms with Crippen molar-refractivity contribution in [3.05, 3.63) is 29.3 Å². The number of carbonyl (C=O) groups is 1. The molecule has 4 heteroatoms. The van der Waals surface area contributed by atoms with Crippen LogP contribution in [-0.4, -0.2) is 31.6 Å². The number of carbonyl (C=O) groups excluding carboxylic acids is 1. The molecule has 0 aromatic heterocycles. The van der Waals surface area contributed by atoms with Gasteiger partial charge < -0.3 is 16.0 Å². The molecule has 0 bridgehead atoms. The van der Waals surface area contributed by atoms with Gasteiger partial charge in [-0.25, -0.2) is 0 Å². The molecule has 4 nitrogen and oxygen atoms in total. The fraction of sp³-hybridized carbons (Fsp3) is 0.588. The molecule has 0 saturated carbocycles. The number of benzene rings is 1. The van der Waals surface area contributed by atoms with Crippen LogP contribution < -0.4 is 16.0 Å². The lowest BCUT2D eigenvalue weighted by Crippen LogP contribution is -2.46. The molecule has 0 radical (unpaired) electrons. The Hall–Kier alpha value is -1.55. The largest absolute Gasteiger partial charge is 0.374 e. The molecule has 3 N–H and O–H groups in total. The van der Waals surface area contributed by atoms with Crippen molar-refractivity contribution in [3.63, 3.8) is 0 Å². The van der Waals surface area contributed by atoms with Gasteiger partial charge in [0.1, 0.15) is 0 Å². The number of nitrogens with zero attached hydrogens (tertiary/aromatic N) is 1. The van der Waals surface area contributed by atoms with E-state index >= 15 is 0 Å². The molecule has 21 heavy (non-hydrogen) atoms. The quantitative estimate of drug-likeness (QED) is 0.887. The molecule has 1 unspecified atom stereocenters. The fourth-order valence-corrected chi connectivity index (χ4v) is 2.79. The number of rotatable bonds is 4. The minimum absolute atomic E-state index is 0.0441. The molecular formula is C17H27N3O. The Morgan fingerprint density at radius 2 is 2.14 bits per heavy atom. The Kier molecular flexibility index (Phi) is 4.57. The average Bonchev–Trinajstić information content (AvgIpc) is 2.75. The van der Waals surface area contributed by atoms with Gasteiger partial charge in [0.15, 0.2) is 0 Å². The van der Waals surface area contributed by atoms with Crippen LogP contribution in [0.4, 0.5) is 5.69 Å². The van der Waals surface area contributed by atoms with Gasteiger partial charge in [-0.15, -0.1) is 0 Å². The minimum atomic E-state index is -0.217. The first-order valence-corrected chi connectivity index (χ1v) is 7.65. The summed E-state index contributed by atoms with van der Waals surface area (Å²) in [5.41, 5.74) is 9.47. The van der Waals surface area contributed by atoms with E-state index in [0.717, 1.165) is 13.0 Å². The molecule has 0 spiro atoms. The number of hydrogen-bond donors (Lipinski definition) is 2. The van der Waals surface area contributed by atoms with Gasteiger partial charge in [0.25, 0.3) is 0 Å². The number of nitrogens with two attached hydrogens (primary N) is 1. The Labute approximate surface area is 127 Å². The molecule has 0 fully saturated rings. The van der Waals surface area contributed by atoms with Gasteiger partial charge in [-0.2, -0.15) is 0 Å². The van der Waals surface area contributed by atoms with Crippen molar-refractivity contribution in [1.29, 1.82) is 0 Å². The van der Waals surface area contributed by atoms with Crippen LogP contribution in [0.2, 0.25) is 0 Å². The summed E-state index contributed by atoms with van der Waals surface area (Å²) in [5, 5.41) is 3.02. The number of likely N-dealkylation sites (N-methyl/N-ethyl adjacent to an activating group) is 1. The van der Waals surface area contributed by atoms with Crippen molar-refractivity contribution in [2.45, 2.75) is 39.2 Å². The normalized spacial score (nSPS) is 15.8. The molecule has 2 rings (SSSR count). The number of hydrogen-bond acceptors (Lipinski definition) is 3. The van der Waals surface area contributed by atoms with E-state index in [0.29, 0.717) is 13.0 Å². The van der Waals surface area contributed by atoms with Crippen molar-refractivity contribution in [1.82, 2.24) is 5.32 Å². The lowest BCUT2D eigenvalue weighted by Gasteiger charge is -2.24. The van der Waals surface area contributed by atoms with Crippen molar-refractivity contribution in [3.8, 4) is 0 Å². The first-order valence-electron chi connectivity index (χ1n) is 7.65. The lowest BCUT2D eigenvalue weighted by atomic mass is 9.95. The highest BCUT2D eigenvalue weighted by Crippen LogP contribution is 2.28. The Morgan fingerprint density at radius 3 is 2.76 bits per heavy atom. The zero-order valence-electron chi connectivity index (χ0n) is 13.6. The predicted octanol–water partition coefficient (Wildman–Crippen LogP) is 1.71. The molecule has 1 atom stereocenters. The second-order valence-corrected chi connectivity index (χ2v) is 7.01. The van der Waals surface area contributed by atoms with Crippen molar-refractivity contribution in [2.24, 2.45) is 11.7 Å². The van der Waals surface area contributed by atoms with E-state index in [1.54, 1.807) is 0 Å². The van der Waals surface area contributed by atoms with Crippen molar-refractivity contribution < 1.29 is 4.79 Å². The molecule has 0 aliphatic carbocycles. The highest BCUT2D eigenvalue weighted by atomic mass is 16.2. The first-order chi connectivity index (χ1) is 9.80. The third-order valence-corrected chi connectivity index (χ3v) is 3.91. The van der Waals surface area contributed by atoms with E-state index in [1.807, 2.05) is 20.8 Å². The summed E-state index contributed by atoms with van der Waals surface area (Å²) in [5.74, 6) is -0.121. The summed E-state index contributed by atoms with van der Waals surface area (Å²) in [4.78, 5) is 14.6. The summed E-state index contributed by atoms with van der Waals surface area (Å²) < 4.78 is 0. The van der Waals surface area contributed by atoms with E-state index in [1.165, 1.54) is 16.8 Å². The molecule has 116 valence electrons. The lowest BCUT2D eigenvalue weighted by molar-refractivity contribution is -0.126. The average molecular weight is 289 g/mol. The Bertz CT molecular complexity index is 519. The van der Waals surface area contributed by atoms with E-state index < -0.39 is 0 Å². The zero-order chi connectivity index (χ0) is 15.6. The van der Waals surface area contributed by atoms with Crippen LogP contribution in [0.5, 0.6) is 0 Å². The maximum atomic E-state index is 12.3. The molecule has 1 amide bonds. The summed E-state index contributed by atoms with van der Waals surface area (Å²) in [6.45, 7) is 7.42. The number of anilines is 1. The van der Waals surface area contributed by atoms with Gasteiger partial charge in [0.05, 0.1) is 5.92 Å². The second-order valence-electron chi connectivity index (χ2n) is 7.01. The molecule has 1 aliphatic heterocycles.